The number of aromatic nitrogens is 1. The van der Waals surface area contributed by atoms with Crippen LogP contribution < -0.4 is 5.73 Å². The molecule has 1 aromatic carbocycles. The van der Waals surface area contributed by atoms with Crippen LogP contribution in [0.2, 0.25) is 0 Å². The predicted molar refractivity (Wildman–Crippen MR) is 87.1 cm³/mol. The Labute approximate surface area is 122 Å². The first-order valence-electron chi connectivity index (χ1n) is 7.44. The lowest BCUT2D eigenvalue weighted by molar-refractivity contribution is 0.557. The molecule has 1 heterocycles. The third kappa shape index (κ3) is 2.71. The Morgan fingerprint density at radius 3 is 2.20 bits per heavy atom. The van der Waals surface area contributed by atoms with Crippen molar-refractivity contribution in [2.24, 2.45) is 5.73 Å². The van der Waals surface area contributed by atoms with Crippen molar-refractivity contribution < 1.29 is 0 Å². The number of rotatable bonds is 3. The average molecular weight is 270 g/mol. The van der Waals surface area contributed by atoms with Gasteiger partial charge >= 0.3 is 0 Å². The number of benzene rings is 1. The van der Waals surface area contributed by atoms with Crippen molar-refractivity contribution in [1.82, 2.24) is 4.98 Å². The number of nitrogens with two attached hydrogens (primary N) is 1. The van der Waals surface area contributed by atoms with Gasteiger partial charge in [0.15, 0.2) is 0 Å². The van der Waals surface area contributed by atoms with Crippen molar-refractivity contribution in [2.75, 3.05) is 0 Å². The topological polar surface area (TPSA) is 38.9 Å². The first-order chi connectivity index (χ1) is 9.21. The predicted octanol–water partition coefficient (Wildman–Crippen LogP) is 4.68. The zero-order valence-corrected chi connectivity index (χ0v) is 13.5. The summed E-state index contributed by atoms with van der Waals surface area (Å²) < 4.78 is 0. The second kappa shape index (κ2) is 5.17. The van der Waals surface area contributed by atoms with Crippen molar-refractivity contribution in [3.63, 3.8) is 0 Å². The fourth-order valence-electron chi connectivity index (χ4n) is 2.59. The standard InChI is InChI=1S/C18H26N2/c1-11(2)13-8-7-9-14-15(18(5,6)19)10-16(12(3)4)20-17(13)14/h7-12H,19H2,1-6H3. The molecule has 0 aliphatic heterocycles. The number of hydrogen-bond donors (Lipinski definition) is 1. The van der Waals surface area contributed by atoms with Crippen LogP contribution in [-0.2, 0) is 5.54 Å². The van der Waals surface area contributed by atoms with E-state index in [1.165, 1.54) is 16.5 Å². The van der Waals surface area contributed by atoms with E-state index in [4.69, 9.17) is 10.7 Å². The summed E-state index contributed by atoms with van der Waals surface area (Å²) in [7, 11) is 0. The molecule has 0 saturated carbocycles. The molecular formula is C18H26N2. The maximum Gasteiger partial charge on any atom is 0.0743 e. The molecule has 1 aromatic heterocycles. The molecule has 2 aromatic rings. The summed E-state index contributed by atoms with van der Waals surface area (Å²) in [6, 6.07) is 8.61. The molecule has 0 bridgehead atoms. The maximum atomic E-state index is 6.39. The van der Waals surface area contributed by atoms with Gasteiger partial charge in [0.1, 0.15) is 0 Å². The summed E-state index contributed by atoms with van der Waals surface area (Å²) in [6.07, 6.45) is 0. The molecule has 0 amide bonds. The van der Waals surface area contributed by atoms with E-state index in [0.29, 0.717) is 11.8 Å². The molecule has 108 valence electrons. The summed E-state index contributed by atoms with van der Waals surface area (Å²) in [5, 5.41) is 1.19. The largest absolute Gasteiger partial charge is 0.322 e. The van der Waals surface area contributed by atoms with Gasteiger partial charge in [-0.15, -0.1) is 0 Å². The Hall–Kier alpha value is -1.41. The van der Waals surface area contributed by atoms with Gasteiger partial charge in [-0.05, 0) is 42.9 Å². The summed E-state index contributed by atoms with van der Waals surface area (Å²) in [4.78, 5) is 4.91. The van der Waals surface area contributed by atoms with E-state index in [2.05, 4.69) is 65.8 Å². The van der Waals surface area contributed by atoms with Crippen molar-refractivity contribution in [1.29, 1.82) is 0 Å². The van der Waals surface area contributed by atoms with Gasteiger partial charge in [-0.1, -0.05) is 45.9 Å². The van der Waals surface area contributed by atoms with Crippen LogP contribution in [0.25, 0.3) is 10.9 Å². The summed E-state index contributed by atoms with van der Waals surface area (Å²) in [5.74, 6) is 0.864. The fourth-order valence-corrected chi connectivity index (χ4v) is 2.59. The molecule has 2 N–H and O–H groups in total. The van der Waals surface area contributed by atoms with Gasteiger partial charge in [0.05, 0.1) is 5.52 Å². The number of nitrogens with zero attached hydrogens (tertiary/aromatic N) is 1. The van der Waals surface area contributed by atoms with Gasteiger partial charge in [-0.2, -0.15) is 0 Å². The molecule has 0 spiro atoms. The van der Waals surface area contributed by atoms with Gasteiger partial charge in [-0.25, -0.2) is 0 Å². The maximum absolute atomic E-state index is 6.39. The highest BCUT2D eigenvalue weighted by Crippen LogP contribution is 2.32. The highest BCUT2D eigenvalue weighted by atomic mass is 14.7. The van der Waals surface area contributed by atoms with E-state index in [0.717, 1.165) is 11.2 Å². The second-order valence-electron chi connectivity index (χ2n) is 6.87. The first kappa shape index (κ1) is 15.0. The Balaban J connectivity index is 2.88. The van der Waals surface area contributed by atoms with Gasteiger partial charge in [0, 0.05) is 16.6 Å². The molecule has 2 nitrogen and oxygen atoms in total. The number of fused-ring (bicyclic) bond motifs is 1. The van der Waals surface area contributed by atoms with Crippen LogP contribution in [0.3, 0.4) is 0 Å². The normalized spacial score (nSPS) is 12.7. The summed E-state index contributed by atoms with van der Waals surface area (Å²) in [6.45, 7) is 12.9. The van der Waals surface area contributed by atoms with Crippen molar-refractivity contribution >= 4 is 10.9 Å². The quantitative estimate of drug-likeness (QED) is 0.879. The molecule has 0 aliphatic carbocycles. The Morgan fingerprint density at radius 1 is 1.05 bits per heavy atom. The van der Waals surface area contributed by atoms with E-state index in [-0.39, 0.29) is 5.54 Å². The van der Waals surface area contributed by atoms with E-state index in [9.17, 15) is 0 Å². The highest BCUT2D eigenvalue weighted by molar-refractivity contribution is 5.86. The molecule has 2 heteroatoms. The molecule has 0 fully saturated rings. The van der Waals surface area contributed by atoms with Crippen LogP contribution in [0.1, 0.15) is 70.2 Å². The van der Waals surface area contributed by atoms with Gasteiger partial charge in [0.25, 0.3) is 0 Å². The van der Waals surface area contributed by atoms with Crippen molar-refractivity contribution in [3.05, 3.63) is 41.1 Å². The van der Waals surface area contributed by atoms with Crippen LogP contribution in [0.5, 0.6) is 0 Å². The zero-order valence-electron chi connectivity index (χ0n) is 13.5. The van der Waals surface area contributed by atoms with Gasteiger partial charge in [-0.3, -0.25) is 4.98 Å². The minimum Gasteiger partial charge on any atom is -0.322 e. The Bertz CT molecular complexity index is 619. The lowest BCUT2D eigenvalue weighted by atomic mass is 9.88. The third-order valence-electron chi connectivity index (χ3n) is 3.80. The molecule has 0 radical (unpaired) electrons. The molecule has 0 unspecified atom stereocenters. The van der Waals surface area contributed by atoms with Crippen molar-refractivity contribution in [2.45, 2.75) is 58.9 Å². The molecule has 20 heavy (non-hydrogen) atoms. The van der Waals surface area contributed by atoms with Gasteiger partial charge < -0.3 is 5.73 Å². The second-order valence-corrected chi connectivity index (χ2v) is 6.87. The fraction of sp³-hybridized carbons (Fsp3) is 0.500. The molecule has 0 saturated heterocycles. The number of para-hydroxylation sites is 1. The molecule has 0 aliphatic rings. The summed E-state index contributed by atoms with van der Waals surface area (Å²) in [5.41, 5.74) is 10.8. The van der Waals surface area contributed by atoms with E-state index in [1.807, 2.05) is 0 Å². The third-order valence-corrected chi connectivity index (χ3v) is 3.80. The van der Waals surface area contributed by atoms with Gasteiger partial charge in [0.2, 0.25) is 0 Å². The highest BCUT2D eigenvalue weighted by Gasteiger charge is 2.21. The lowest BCUT2D eigenvalue weighted by Gasteiger charge is -2.24. The Morgan fingerprint density at radius 2 is 1.70 bits per heavy atom. The van der Waals surface area contributed by atoms with E-state index < -0.39 is 0 Å². The number of hydrogen-bond acceptors (Lipinski definition) is 2. The van der Waals surface area contributed by atoms with Crippen LogP contribution in [0.15, 0.2) is 24.3 Å². The average Bonchev–Trinajstić information content (AvgIpc) is 2.35. The van der Waals surface area contributed by atoms with Crippen molar-refractivity contribution in [3.8, 4) is 0 Å². The SMILES string of the molecule is CC(C)c1cc(C(C)(C)N)c2cccc(C(C)C)c2n1. The minimum absolute atomic E-state index is 0.361. The Kier molecular flexibility index (Phi) is 3.88. The van der Waals surface area contributed by atoms with Crippen LogP contribution in [-0.4, -0.2) is 4.98 Å². The van der Waals surface area contributed by atoms with E-state index >= 15 is 0 Å². The van der Waals surface area contributed by atoms with Crippen LogP contribution in [0, 0.1) is 0 Å². The first-order valence-corrected chi connectivity index (χ1v) is 7.44. The smallest absolute Gasteiger partial charge is 0.0743 e. The van der Waals surface area contributed by atoms with Crippen LogP contribution >= 0.6 is 0 Å². The molecule has 0 atom stereocenters. The zero-order chi connectivity index (χ0) is 15.1. The minimum atomic E-state index is -0.361. The lowest BCUT2D eigenvalue weighted by Crippen LogP contribution is -2.29. The molecular weight excluding hydrogens is 244 g/mol. The van der Waals surface area contributed by atoms with E-state index in [1.54, 1.807) is 0 Å². The monoisotopic (exact) mass is 270 g/mol. The van der Waals surface area contributed by atoms with Crippen LogP contribution in [0.4, 0.5) is 0 Å². The summed E-state index contributed by atoms with van der Waals surface area (Å²) >= 11 is 0. The molecule has 2 rings (SSSR count). The number of pyridine rings is 1.